The van der Waals surface area contributed by atoms with Gasteiger partial charge < -0.3 is 10.1 Å². The fourth-order valence-electron chi connectivity index (χ4n) is 1.72. The lowest BCUT2D eigenvalue weighted by Crippen LogP contribution is -2.44. The summed E-state index contributed by atoms with van der Waals surface area (Å²) in [6.07, 6.45) is 4.56. The van der Waals surface area contributed by atoms with Gasteiger partial charge in [0.15, 0.2) is 0 Å². The first-order valence-corrected chi connectivity index (χ1v) is 5.34. The number of ether oxygens (including phenoxy) is 1. The molecular formula is C12H19NO2. The van der Waals surface area contributed by atoms with E-state index in [-0.39, 0.29) is 11.5 Å². The Morgan fingerprint density at radius 2 is 2.47 bits per heavy atom. The van der Waals surface area contributed by atoms with E-state index in [1.165, 1.54) is 0 Å². The van der Waals surface area contributed by atoms with Gasteiger partial charge in [-0.05, 0) is 19.3 Å². The van der Waals surface area contributed by atoms with Crippen LogP contribution in [0.15, 0.2) is 24.4 Å². The number of nitrogens with one attached hydrogen (secondary N) is 1. The zero-order valence-corrected chi connectivity index (χ0v) is 9.67. The Balaban J connectivity index is 2.70. The fraction of sp³-hybridized carbons (Fsp3) is 0.583. The van der Waals surface area contributed by atoms with Gasteiger partial charge >= 0.3 is 5.97 Å². The maximum absolute atomic E-state index is 11.5. The van der Waals surface area contributed by atoms with E-state index in [1.807, 2.05) is 12.2 Å². The number of esters is 1. The minimum atomic E-state index is -0.276. The van der Waals surface area contributed by atoms with Gasteiger partial charge in [0.05, 0.1) is 12.1 Å². The third-order valence-electron chi connectivity index (χ3n) is 2.90. The summed E-state index contributed by atoms with van der Waals surface area (Å²) in [7, 11) is 0. The molecule has 0 spiro atoms. The Morgan fingerprint density at radius 3 is 2.87 bits per heavy atom. The van der Waals surface area contributed by atoms with Crippen molar-refractivity contribution in [1.29, 1.82) is 0 Å². The molecule has 0 radical (unpaired) electrons. The number of carbonyl (C=O) groups is 1. The predicted octanol–water partition coefficient (Wildman–Crippen LogP) is 2.01. The first-order chi connectivity index (χ1) is 7.05. The van der Waals surface area contributed by atoms with E-state index < -0.39 is 0 Å². The summed E-state index contributed by atoms with van der Waals surface area (Å²) >= 11 is 0. The van der Waals surface area contributed by atoms with Gasteiger partial charge in [-0.25, -0.2) is 4.79 Å². The number of rotatable bonds is 4. The molecule has 0 aromatic carbocycles. The van der Waals surface area contributed by atoms with Gasteiger partial charge in [0.1, 0.15) is 5.70 Å². The summed E-state index contributed by atoms with van der Waals surface area (Å²) in [4.78, 5) is 11.5. The van der Waals surface area contributed by atoms with Crippen molar-refractivity contribution in [2.24, 2.45) is 5.92 Å². The van der Waals surface area contributed by atoms with Crippen LogP contribution in [0, 0.1) is 5.92 Å². The van der Waals surface area contributed by atoms with Crippen LogP contribution in [-0.4, -0.2) is 18.1 Å². The van der Waals surface area contributed by atoms with E-state index in [0.29, 0.717) is 18.2 Å². The molecule has 0 saturated carbocycles. The second kappa shape index (κ2) is 4.51. The van der Waals surface area contributed by atoms with E-state index >= 15 is 0 Å². The molecule has 3 heteroatoms. The number of hydrogen-bond acceptors (Lipinski definition) is 3. The second-order valence-corrected chi connectivity index (χ2v) is 4.07. The van der Waals surface area contributed by atoms with Gasteiger partial charge in [-0.15, -0.1) is 6.58 Å². The Kier molecular flexibility index (Phi) is 3.56. The Hall–Kier alpha value is -1.25. The topological polar surface area (TPSA) is 38.3 Å². The summed E-state index contributed by atoms with van der Waals surface area (Å²) in [6.45, 7) is 10.2. The highest BCUT2D eigenvalue weighted by Crippen LogP contribution is 2.29. The molecule has 15 heavy (non-hydrogen) atoms. The number of hydrogen-bond donors (Lipinski definition) is 1. The smallest absolute Gasteiger partial charge is 0.354 e. The van der Waals surface area contributed by atoms with Crippen LogP contribution in [0.4, 0.5) is 0 Å². The van der Waals surface area contributed by atoms with Crippen LogP contribution >= 0.6 is 0 Å². The molecule has 3 nitrogen and oxygen atoms in total. The highest BCUT2D eigenvalue weighted by Gasteiger charge is 2.36. The molecule has 1 aliphatic rings. The highest BCUT2D eigenvalue weighted by molar-refractivity contribution is 5.88. The van der Waals surface area contributed by atoms with Crippen LogP contribution in [0.1, 0.15) is 27.2 Å². The third kappa shape index (κ3) is 2.22. The molecule has 0 bridgehead atoms. The van der Waals surface area contributed by atoms with Gasteiger partial charge in [-0.3, -0.25) is 0 Å². The van der Waals surface area contributed by atoms with Crippen molar-refractivity contribution in [3.05, 3.63) is 24.4 Å². The van der Waals surface area contributed by atoms with Crippen molar-refractivity contribution in [1.82, 2.24) is 5.32 Å². The summed E-state index contributed by atoms with van der Waals surface area (Å²) in [5.74, 6) is 0.111. The lowest BCUT2D eigenvalue weighted by molar-refractivity contribution is -0.139. The Morgan fingerprint density at radius 1 is 1.80 bits per heavy atom. The molecule has 0 saturated heterocycles. The lowest BCUT2D eigenvalue weighted by atomic mass is 9.85. The van der Waals surface area contributed by atoms with E-state index in [4.69, 9.17) is 4.74 Å². The quantitative estimate of drug-likeness (QED) is 0.568. The molecule has 1 heterocycles. The summed E-state index contributed by atoms with van der Waals surface area (Å²) in [6, 6.07) is 0. The van der Waals surface area contributed by atoms with Crippen LogP contribution < -0.4 is 5.32 Å². The zero-order valence-electron chi connectivity index (χ0n) is 9.67. The second-order valence-electron chi connectivity index (χ2n) is 4.07. The van der Waals surface area contributed by atoms with Crippen molar-refractivity contribution >= 4 is 5.97 Å². The minimum Gasteiger partial charge on any atom is -0.461 e. The first kappa shape index (κ1) is 11.8. The molecule has 0 amide bonds. The molecular weight excluding hydrogens is 190 g/mol. The van der Waals surface area contributed by atoms with Crippen LogP contribution in [0.3, 0.4) is 0 Å². The maximum Gasteiger partial charge on any atom is 0.354 e. The third-order valence-corrected chi connectivity index (χ3v) is 2.90. The van der Waals surface area contributed by atoms with Gasteiger partial charge in [-0.1, -0.05) is 26.0 Å². The maximum atomic E-state index is 11.5. The molecule has 1 atom stereocenters. The molecule has 1 unspecified atom stereocenters. The lowest BCUT2D eigenvalue weighted by Gasteiger charge is -2.31. The Labute approximate surface area is 91.2 Å². The monoisotopic (exact) mass is 209 g/mol. The normalized spacial score (nSPS) is 24.7. The molecule has 0 aliphatic carbocycles. The molecule has 0 aromatic rings. The van der Waals surface area contributed by atoms with Crippen LogP contribution in [0.2, 0.25) is 0 Å². The first-order valence-electron chi connectivity index (χ1n) is 5.34. The summed E-state index contributed by atoms with van der Waals surface area (Å²) < 4.78 is 4.94. The van der Waals surface area contributed by atoms with E-state index in [9.17, 15) is 4.79 Å². The minimum absolute atomic E-state index is 0.192. The van der Waals surface area contributed by atoms with E-state index in [2.05, 4.69) is 25.7 Å². The van der Waals surface area contributed by atoms with Gasteiger partial charge in [0, 0.05) is 0 Å². The molecule has 0 fully saturated rings. The van der Waals surface area contributed by atoms with Gasteiger partial charge in [0.2, 0.25) is 0 Å². The fourth-order valence-corrected chi connectivity index (χ4v) is 1.72. The molecule has 1 aliphatic heterocycles. The van der Waals surface area contributed by atoms with Crippen LogP contribution in [-0.2, 0) is 9.53 Å². The molecule has 1 rings (SSSR count). The number of carbonyl (C=O) groups excluding carboxylic acids is 1. The van der Waals surface area contributed by atoms with Crippen molar-refractivity contribution in [2.45, 2.75) is 32.7 Å². The van der Waals surface area contributed by atoms with Crippen molar-refractivity contribution < 1.29 is 9.53 Å². The molecule has 0 aromatic heterocycles. The average molecular weight is 209 g/mol. The largest absolute Gasteiger partial charge is 0.461 e. The predicted molar refractivity (Wildman–Crippen MR) is 60.2 cm³/mol. The SMILES string of the molecule is C=CC1(C(C)C)CC=C(C(=O)OCC)N1. The van der Waals surface area contributed by atoms with Gasteiger partial charge in [0.25, 0.3) is 0 Å². The zero-order chi connectivity index (χ0) is 11.5. The van der Waals surface area contributed by atoms with E-state index in [0.717, 1.165) is 6.42 Å². The molecule has 84 valence electrons. The van der Waals surface area contributed by atoms with Crippen LogP contribution in [0.5, 0.6) is 0 Å². The van der Waals surface area contributed by atoms with Crippen molar-refractivity contribution in [3.8, 4) is 0 Å². The average Bonchev–Trinajstić information content (AvgIpc) is 2.63. The van der Waals surface area contributed by atoms with Crippen molar-refractivity contribution in [2.75, 3.05) is 6.61 Å². The van der Waals surface area contributed by atoms with Gasteiger partial charge in [-0.2, -0.15) is 0 Å². The summed E-state index contributed by atoms with van der Waals surface area (Å²) in [5.41, 5.74) is 0.368. The highest BCUT2D eigenvalue weighted by atomic mass is 16.5. The summed E-state index contributed by atoms with van der Waals surface area (Å²) in [5, 5.41) is 3.21. The Bertz CT molecular complexity index is 294. The van der Waals surface area contributed by atoms with Crippen LogP contribution in [0.25, 0.3) is 0 Å². The van der Waals surface area contributed by atoms with E-state index in [1.54, 1.807) is 6.92 Å². The van der Waals surface area contributed by atoms with Crippen molar-refractivity contribution in [3.63, 3.8) is 0 Å². The standard InChI is InChI=1S/C12H19NO2/c1-5-12(9(3)4)8-7-10(13-12)11(14)15-6-2/h5,7,9,13H,1,6,8H2,2-4H3. The molecule has 1 N–H and O–H groups in total.